The fourth-order valence-corrected chi connectivity index (χ4v) is 3.80. The van der Waals surface area contributed by atoms with Crippen LogP contribution in [-0.2, 0) is 0 Å². The molecular weight excluding hydrogens is 427 g/mol. The molecule has 0 aliphatic rings. The molecule has 0 bridgehead atoms. The SMILES string of the molecule is N#CC(=Cc1ccccc1Br)c1nc(-c2ccc(Cl)cc2Cl)cs1. The Balaban J connectivity index is 2.00. The molecule has 0 atom stereocenters. The quantitative estimate of drug-likeness (QED) is 0.417. The van der Waals surface area contributed by atoms with Crippen molar-refractivity contribution in [2.45, 2.75) is 0 Å². The number of nitrogens with zero attached hydrogens (tertiary/aromatic N) is 2. The topological polar surface area (TPSA) is 36.7 Å². The molecule has 6 heteroatoms. The molecule has 0 radical (unpaired) electrons. The summed E-state index contributed by atoms with van der Waals surface area (Å²) >= 11 is 17.1. The van der Waals surface area contributed by atoms with Crippen molar-refractivity contribution < 1.29 is 0 Å². The van der Waals surface area contributed by atoms with Gasteiger partial charge in [-0.05, 0) is 35.9 Å². The van der Waals surface area contributed by atoms with E-state index in [2.05, 4.69) is 27.0 Å². The smallest absolute Gasteiger partial charge is 0.134 e. The van der Waals surface area contributed by atoms with Gasteiger partial charge in [0.25, 0.3) is 0 Å². The second-order valence-electron chi connectivity index (χ2n) is 4.85. The van der Waals surface area contributed by atoms with Gasteiger partial charge >= 0.3 is 0 Å². The third-order valence-corrected chi connectivity index (χ3v) is 5.41. The van der Waals surface area contributed by atoms with E-state index >= 15 is 0 Å². The second-order valence-corrected chi connectivity index (χ2v) is 7.41. The second kappa shape index (κ2) is 7.50. The van der Waals surface area contributed by atoms with Gasteiger partial charge in [-0.1, -0.05) is 57.3 Å². The molecule has 2 nitrogen and oxygen atoms in total. The predicted molar refractivity (Wildman–Crippen MR) is 105 cm³/mol. The van der Waals surface area contributed by atoms with E-state index in [-0.39, 0.29) is 0 Å². The molecule has 0 saturated carbocycles. The fraction of sp³-hybridized carbons (Fsp3) is 0. The third-order valence-electron chi connectivity index (χ3n) is 3.27. The van der Waals surface area contributed by atoms with Crippen LogP contribution in [0.3, 0.4) is 0 Å². The summed E-state index contributed by atoms with van der Waals surface area (Å²) in [5.74, 6) is 0. The van der Waals surface area contributed by atoms with Gasteiger partial charge in [0.2, 0.25) is 0 Å². The average Bonchev–Trinajstić information content (AvgIpc) is 3.03. The molecule has 0 fully saturated rings. The number of hydrogen-bond donors (Lipinski definition) is 0. The van der Waals surface area contributed by atoms with Crippen molar-refractivity contribution >= 4 is 62.1 Å². The normalized spacial score (nSPS) is 11.3. The molecule has 0 aliphatic heterocycles. The summed E-state index contributed by atoms with van der Waals surface area (Å²) in [6.45, 7) is 0. The van der Waals surface area contributed by atoms with Gasteiger partial charge in [0.1, 0.15) is 11.1 Å². The van der Waals surface area contributed by atoms with Crippen LogP contribution in [0, 0.1) is 11.3 Å². The molecule has 0 aliphatic carbocycles. The third kappa shape index (κ3) is 3.71. The maximum atomic E-state index is 9.49. The van der Waals surface area contributed by atoms with Gasteiger partial charge in [0.15, 0.2) is 0 Å². The lowest BCUT2D eigenvalue weighted by molar-refractivity contribution is 1.37. The highest BCUT2D eigenvalue weighted by Gasteiger charge is 2.12. The molecule has 2 aromatic carbocycles. The van der Waals surface area contributed by atoms with Crippen LogP contribution in [0.15, 0.2) is 52.3 Å². The number of allylic oxidation sites excluding steroid dienone is 1. The van der Waals surface area contributed by atoms with E-state index in [0.29, 0.717) is 20.6 Å². The summed E-state index contributed by atoms with van der Waals surface area (Å²) in [5, 5.41) is 13.1. The zero-order valence-corrected chi connectivity index (χ0v) is 16.0. The van der Waals surface area contributed by atoms with Crippen LogP contribution in [-0.4, -0.2) is 4.98 Å². The standard InChI is InChI=1S/C18H9BrCl2N2S/c19-15-4-2-1-3-11(15)7-12(9-22)18-23-17(10-24-18)14-6-5-13(20)8-16(14)21/h1-8,10H. The molecule has 0 spiro atoms. The van der Waals surface area contributed by atoms with Crippen molar-refractivity contribution in [2.75, 3.05) is 0 Å². The average molecular weight is 436 g/mol. The minimum absolute atomic E-state index is 0.503. The fourth-order valence-electron chi connectivity index (χ4n) is 2.11. The molecule has 1 aromatic heterocycles. The first-order valence-corrected chi connectivity index (χ1v) is 9.29. The molecular formula is C18H9BrCl2N2S. The number of aromatic nitrogens is 1. The Hall–Kier alpha value is -1.64. The minimum atomic E-state index is 0.503. The first-order chi connectivity index (χ1) is 11.6. The van der Waals surface area contributed by atoms with E-state index < -0.39 is 0 Å². The van der Waals surface area contributed by atoms with Crippen LogP contribution >= 0.6 is 50.5 Å². The number of hydrogen-bond acceptors (Lipinski definition) is 3. The molecule has 3 rings (SSSR count). The zero-order chi connectivity index (χ0) is 17.1. The summed E-state index contributed by atoms with van der Waals surface area (Å²) in [6, 6.07) is 15.2. The van der Waals surface area contributed by atoms with Crippen LogP contribution in [0.5, 0.6) is 0 Å². The highest BCUT2D eigenvalue weighted by atomic mass is 79.9. The maximum absolute atomic E-state index is 9.49. The molecule has 0 amide bonds. The Morgan fingerprint density at radius 1 is 1.21 bits per heavy atom. The minimum Gasteiger partial charge on any atom is -0.235 e. The van der Waals surface area contributed by atoms with Crippen LogP contribution in [0.1, 0.15) is 10.6 Å². The number of benzene rings is 2. The van der Waals surface area contributed by atoms with Gasteiger partial charge in [-0.2, -0.15) is 5.26 Å². The van der Waals surface area contributed by atoms with E-state index in [1.807, 2.05) is 41.8 Å². The van der Waals surface area contributed by atoms with Crippen LogP contribution in [0.25, 0.3) is 22.9 Å². The number of nitriles is 1. The molecule has 1 heterocycles. The van der Waals surface area contributed by atoms with Crippen molar-refractivity contribution in [3.63, 3.8) is 0 Å². The van der Waals surface area contributed by atoms with E-state index in [4.69, 9.17) is 23.2 Å². The Kier molecular flexibility index (Phi) is 5.37. The Morgan fingerprint density at radius 3 is 2.71 bits per heavy atom. The predicted octanol–water partition coefficient (Wildman–Crippen LogP) is 6.94. The van der Waals surface area contributed by atoms with Crippen molar-refractivity contribution in [3.8, 4) is 17.3 Å². The molecule has 24 heavy (non-hydrogen) atoms. The van der Waals surface area contributed by atoms with Crippen molar-refractivity contribution in [1.82, 2.24) is 4.98 Å². The first-order valence-electron chi connectivity index (χ1n) is 6.86. The van der Waals surface area contributed by atoms with Crippen molar-refractivity contribution in [1.29, 1.82) is 5.26 Å². The van der Waals surface area contributed by atoms with Crippen LogP contribution in [0.2, 0.25) is 10.0 Å². The van der Waals surface area contributed by atoms with E-state index in [9.17, 15) is 5.26 Å². The van der Waals surface area contributed by atoms with Gasteiger partial charge in [-0.25, -0.2) is 4.98 Å². The number of rotatable bonds is 3. The highest BCUT2D eigenvalue weighted by molar-refractivity contribution is 9.10. The van der Waals surface area contributed by atoms with Crippen molar-refractivity contribution in [3.05, 3.63) is 72.9 Å². The molecule has 0 N–H and O–H groups in total. The Labute approximate surface area is 162 Å². The maximum Gasteiger partial charge on any atom is 0.134 e. The number of thiazole rings is 1. The lowest BCUT2D eigenvalue weighted by Gasteiger charge is -2.01. The van der Waals surface area contributed by atoms with E-state index in [0.717, 1.165) is 21.3 Å². The first kappa shape index (κ1) is 17.2. The monoisotopic (exact) mass is 434 g/mol. The largest absolute Gasteiger partial charge is 0.235 e. The Morgan fingerprint density at radius 2 is 2.00 bits per heavy atom. The van der Waals surface area contributed by atoms with Gasteiger partial charge in [-0.3, -0.25) is 0 Å². The summed E-state index contributed by atoms with van der Waals surface area (Å²) in [7, 11) is 0. The summed E-state index contributed by atoms with van der Waals surface area (Å²) < 4.78 is 0.926. The lowest BCUT2D eigenvalue weighted by atomic mass is 10.1. The summed E-state index contributed by atoms with van der Waals surface area (Å²) in [6.07, 6.45) is 1.82. The summed E-state index contributed by atoms with van der Waals surface area (Å²) in [5.41, 5.74) is 2.95. The van der Waals surface area contributed by atoms with E-state index in [1.165, 1.54) is 11.3 Å². The van der Waals surface area contributed by atoms with Gasteiger partial charge < -0.3 is 0 Å². The highest BCUT2D eigenvalue weighted by Crippen LogP contribution is 2.33. The molecule has 0 unspecified atom stereocenters. The van der Waals surface area contributed by atoms with Crippen molar-refractivity contribution in [2.24, 2.45) is 0 Å². The van der Waals surface area contributed by atoms with Gasteiger partial charge in [0.05, 0.1) is 16.3 Å². The van der Waals surface area contributed by atoms with E-state index in [1.54, 1.807) is 12.1 Å². The molecule has 3 aromatic rings. The van der Waals surface area contributed by atoms with Gasteiger partial charge in [0, 0.05) is 20.4 Å². The zero-order valence-electron chi connectivity index (χ0n) is 12.1. The molecule has 0 saturated heterocycles. The molecule has 118 valence electrons. The Bertz CT molecular complexity index is 973. The van der Waals surface area contributed by atoms with Crippen LogP contribution in [0.4, 0.5) is 0 Å². The number of halogens is 3. The van der Waals surface area contributed by atoms with Crippen LogP contribution < -0.4 is 0 Å². The van der Waals surface area contributed by atoms with Gasteiger partial charge in [-0.15, -0.1) is 11.3 Å². The summed E-state index contributed by atoms with van der Waals surface area (Å²) in [4.78, 5) is 4.55. The lowest BCUT2D eigenvalue weighted by Crippen LogP contribution is -1.84.